The first-order valence-corrected chi connectivity index (χ1v) is 7.01. The lowest BCUT2D eigenvalue weighted by Gasteiger charge is -2.38. The van der Waals surface area contributed by atoms with Crippen molar-refractivity contribution in [1.29, 1.82) is 0 Å². The van der Waals surface area contributed by atoms with Gasteiger partial charge in [0.25, 0.3) is 0 Å². The smallest absolute Gasteiger partial charge is 0.222 e. The van der Waals surface area contributed by atoms with Crippen LogP contribution < -0.4 is 16.4 Å². The summed E-state index contributed by atoms with van der Waals surface area (Å²) in [6.07, 6.45) is 1.61. The topological polar surface area (TPSA) is 72.3 Å². The maximum absolute atomic E-state index is 14.3. The van der Waals surface area contributed by atoms with Crippen LogP contribution in [0.4, 0.5) is 10.1 Å². The van der Waals surface area contributed by atoms with Crippen LogP contribution >= 0.6 is 0 Å². The monoisotopic (exact) mass is 279 g/mol. The van der Waals surface area contributed by atoms with Crippen molar-refractivity contribution < 1.29 is 9.18 Å². The fraction of sp³-hybridized carbons (Fsp3) is 0.533. The van der Waals surface area contributed by atoms with E-state index in [9.17, 15) is 9.18 Å². The predicted molar refractivity (Wildman–Crippen MR) is 77.7 cm³/mol. The van der Waals surface area contributed by atoms with E-state index in [1.165, 1.54) is 6.07 Å². The zero-order valence-corrected chi connectivity index (χ0v) is 12.0. The SMILES string of the molecule is CC(N)c1ccc(N2CC(C(N)=O)CCC2C)c(F)c1. The molecule has 1 fully saturated rings. The Morgan fingerprint density at radius 3 is 2.70 bits per heavy atom. The molecule has 1 amide bonds. The molecule has 2 rings (SSSR count). The van der Waals surface area contributed by atoms with E-state index in [0.29, 0.717) is 12.2 Å². The summed E-state index contributed by atoms with van der Waals surface area (Å²) in [5.41, 5.74) is 12.4. The number of halogens is 1. The molecule has 1 aliphatic heterocycles. The number of amides is 1. The summed E-state index contributed by atoms with van der Waals surface area (Å²) in [6.45, 7) is 4.34. The highest BCUT2D eigenvalue weighted by Crippen LogP contribution is 2.30. The number of rotatable bonds is 3. The summed E-state index contributed by atoms with van der Waals surface area (Å²) in [5, 5.41) is 0. The van der Waals surface area contributed by atoms with Crippen molar-refractivity contribution in [2.24, 2.45) is 17.4 Å². The molecule has 0 saturated carbocycles. The fourth-order valence-corrected chi connectivity index (χ4v) is 2.71. The van der Waals surface area contributed by atoms with Crippen molar-refractivity contribution in [1.82, 2.24) is 0 Å². The van der Waals surface area contributed by atoms with E-state index in [1.807, 2.05) is 24.8 Å². The molecule has 20 heavy (non-hydrogen) atoms. The maximum atomic E-state index is 14.3. The van der Waals surface area contributed by atoms with Gasteiger partial charge >= 0.3 is 0 Å². The number of hydrogen-bond donors (Lipinski definition) is 2. The summed E-state index contributed by atoms with van der Waals surface area (Å²) < 4.78 is 14.3. The molecule has 1 aliphatic rings. The van der Waals surface area contributed by atoms with Crippen LogP contribution in [0.15, 0.2) is 18.2 Å². The molecule has 1 aromatic carbocycles. The Morgan fingerprint density at radius 2 is 2.15 bits per heavy atom. The normalized spacial score (nSPS) is 24.5. The lowest BCUT2D eigenvalue weighted by Crippen LogP contribution is -2.46. The molecule has 3 atom stereocenters. The van der Waals surface area contributed by atoms with Gasteiger partial charge in [-0.2, -0.15) is 0 Å². The maximum Gasteiger partial charge on any atom is 0.222 e. The van der Waals surface area contributed by atoms with Crippen molar-refractivity contribution in [3.63, 3.8) is 0 Å². The van der Waals surface area contributed by atoms with E-state index in [4.69, 9.17) is 11.5 Å². The number of hydrogen-bond acceptors (Lipinski definition) is 3. The predicted octanol–water partition coefficient (Wildman–Crippen LogP) is 1.94. The Balaban J connectivity index is 2.27. The summed E-state index contributed by atoms with van der Waals surface area (Å²) in [4.78, 5) is 13.3. The highest BCUT2D eigenvalue weighted by atomic mass is 19.1. The van der Waals surface area contributed by atoms with Crippen molar-refractivity contribution in [3.8, 4) is 0 Å². The average Bonchev–Trinajstić information content (AvgIpc) is 2.39. The number of piperidine rings is 1. The number of nitrogens with zero attached hydrogens (tertiary/aromatic N) is 1. The first-order valence-electron chi connectivity index (χ1n) is 7.01. The quantitative estimate of drug-likeness (QED) is 0.888. The lowest BCUT2D eigenvalue weighted by atomic mass is 9.92. The minimum absolute atomic E-state index is 0.196. The molecule has 1 saturated heterocycles. The third-order valence-corrected chi connectivity index (χ3v) is 4.09. The fourth-order valence-electron chi connectivity index (χ4n) is 2.71. The number of benzene rings is 1. The van der Waals surface area contributed by atoms with E-state index in [2.05, 4.69) is 0 Å². The van der Waals surface area contributed by atoms with Gasteiger partial charge in [0.15, 0.2) is 0 Å². The summed E-state index contributed by atoms with van der Waals surface area (Å²) in [6, 6.07) is 5.05. The highest BCUT2D eigenvalue weighted by molar-refractivity contribution is 5.77. The number of carbonyl (C=O) groups excluding carboxylic acids is 1. The van der Waals surface area contributed by atoms with E-state index >= 15 is 0 Å². The van der Waals surface area contributed by atoms with Gasteiger partial charge in [-0.15, -0.1) is 0 Å². The van der Waals surface area contributed by atoms with Crippen LogP contribution in [-0.4, -0.2) is 18.5 Å². The Labute approximate surface area is 118 Å². The molecular formula is C15H22FN3O. The molecule has 4 N–H and O–H groups in total. The molecule has 110 valence electrons. The highest BCUT2D eigenvalue weighted by Gasteiger charge is 2.30. The van der Waals surface area contributed by atoms with Crippen molar-refractivity contribution in [2.75, 3.05) is 11.4 Å². The Kier molecular flexibility index (Phi) is 4.28. The first kappa shape index (κ1) is 14.8. The third kappa shape index (κ3) is 2.93. The van der Waals surface area contributed by atoms with Gasteiger partial charge in [-0.1, -0.05) is 6.07 Å². The van der Waals surface area contributed by atoms with E-state index < -0.39 is 0 Å². The average molecular weight is 279 g/mol. The summed E-state index contributed by atoms with van der Waals surface area (Å²) in [5.74, 6) is -0.815. The standard InChI is InChI=1S/C15H22FN3O/c1-9-3-4-12(15(18)20)8-19(9)14-6-5-11(10(2)17)7-13(14)16/h5-7,9-10,12H,3-4,8,17H2,1-2H3,(H2,18,20). The van der Waals surface area contributed by atoms with Crippen LogP contribution in [0.25, 0.3) is 0 Å². The molecule has 4 nitrogen and oxygen atoms in total. The van der Waals surface area contributed by atoms with Gasteiger partial charge in [-0.25, -0.2) is 4.39 Å². The van der Waals surface area contributed by atoms with Gasteiger partial charge < -0.3 is 16.4 Å². The second kappa shape index (κ2) is 5.79. The van der Waals surface area contributed by atoms with Crippen LogP contribution in [0, 0.1) is 11.7 Å². The second-order valence-corrected chi connectivity index (χ2v) is 5.68. The molecule has 0 aromatic heterocycles. The van der Waals surface area contributed by atoms with Gasteiger partial charge in [0.05, 0.1) is 11.6 Å². The largest absolute Gasteiger partial charge is 0.369 e. The number of carbonyl (C=O) groups is 1. The minimum atomic E-state index is -0.311. The zero-order chi connectivity index (χ0) is 14.9. The van der Waals surface area contributed by atoms with E-state index in [-0.39, 0.29) is 29.7 Å². The Morgan fingerprint density at radius 1 is 1.45 bits per heavy atom. The molecule has 0 radical (unpaired) electrons. The number of primary amides is 1. The van der Waals surface area contributed by atoms with Crippen LogP contribution in [-0.2, 0) is 4.79 Å². The third-order valence-electron chi connectivity index (χ3n) is 4.09. The molecule has 1 aromatic rings. The van der Waals surface area contributed by atoms with Crippen LogP contribution in [0.1, 0.15) is 38.3 Å². The lowest BCUT2D eigenvalue weighted by molar-refractivity contribution is -0.122. The van der Waals surface area contributed by atoms with Gasteiger partial charge in [-0.05, 0) is 44.4 Å². The van der Waals surface area contributed by atoms with E-state index in [1.54, 1.807) is 6.07 Å². The van der Waals surface area contributed by atoms with Crippen LogP contribution in [0.5, 0.6) is 0 Å². The van der Waals surface area contributed by atoms with Gasteiger partial charge in [-0.3, -0.25) is 4.79 Å². The molecule has 5 heteroatoms. The molecular weight excluding hydrogens is 257 g/mol. The Bertz CT molecular complexity index is 504. The van der Waals surface area contributed by atoms with Gasteiger partial charge in [0, 0.05) is 18.6 Å². The summed E-state index contributed by atoms with van der Waals surface area (Å²) >= 11 is 0. The van der Waals surface area contributed by atoms with Crippen LogP contribution in [0.3, 0.4) is 0 Å². The minimum Gasteiger partial charge on any atom is -0.369 e. The number of nitrogens with two attached hydrogens (primary N) is 2. The molecule has 3 unspecified atom stereocenters. The molecule has 0 spiro atoms. The molecule has 1 heterocycles. The van der Waals surface area contributed by atoms with Crippen LogP contribution in [0.2, 0.25) is 0 Å². The van der Waals surface area contributed by atoms with Crippen molar-refractivity contribution in [2.45, 2.75) is 38.8 Å². The van der Waals surface area contributed by atoms with Crippen molar-refractivity contribution >= 4 is 11.6 Å². The zero-order valence-electron chi connectivity index (χ0n) is 12.0. The van der Waals surface area contributed by atoms with E-state index in [0.717, 1.165) is 18.4 Å². The second-order valence-electron chi connectivity index (χ2n) is 5.68. The van der Waals surface area contributed by atoms with Gasteiger partial charge in [0.2, 0.25) is 5.91 Å². The van der Waals surface area contributed by atoms with Crippen molar-refractivity contribution in [3.05, 3.63) is 29.6 Å². The molecule has 0 aliphatic carbocycles. The molecule has 0 bridgehead atoms. The first-order chi connectivity index (χ1) is 9.40. The summed E-state index contributed by atoms with van der Waals surface area (Å²) in [7, 11) is 0. The Hall–Kier alpha value is -1.62. The van der Waals surface area contributed by atoms with Gasteiger partial charge in [0.1, 0.15) is 5.82 Å². The number of anilines is 1.